The van der Waals surface area contributed by atoms with E-state index in [1.54, 1.807) is 11.3 Å². The molecule has 0 bridgehead atoms. The van der Waals surface area contributed by atoms with Crippen LogP contribution in [-0.4, -0.2) is 16.1 Å². The number of hydrogen-bond acceptors (Lipinski definition) is 5. The summed E-state index contributed by atoms with van der Waals surface area (Å²) in [5.41, 5.74) is 2.37. The van der Waals surface area contributed by atoms with E-state index < -0.39 is 0 Å². The number of amides is 1. The van der Waals surface area contributed by atoms with Gasteiger partial charge in [0.05, 0.1) is 6.54 Å². The Bertz CT molecular complexity index is 815. The van der Waals surface area contributed by atoms with Crippen LogP contribution in [0.15, 0.2) is 41.8 Å². The topological polar surface area (TPSA) is 54.9 Å². The third-order valence-electron chi connectivity index (χ3n) is 3.62. The van der Waals surface area contributed by atoms with Crippen molar-refractivity contribution in [2.24, 2.45) is 0 Å². The van der Waals surface area contributed by atoms with Gasteiger partial charge in [-0.3, -0.25) is 4.79 Å². The number of thiophene rings is 1. The molecule has 0 saturated carbocycles. The van der Waals surface area contributed by atoms with E-state index in [4.69, 9.17) is 0 Å². The molecular formula is C18H19N3OS2. The van der Waals surface area contributed by atoms with E-state index in [9.17, 15) is 4.79 Å². The van der Waals surface area contributed by atoms with E-state index in [1.807, 2.05) is 29.6 Å². The molecule has 124 valence electrons. The molecule has 6 heteroatoms. The third kappa shape index (κ3) is 3.88. The van der Waals surface area contributed by atoms with Crippen LogP contribution in [0.4, 0.5) is 0 Å². The maximum atomic E-state index is 12.2. The van der Waals surface area contributed by atoms with Gasteiger partial charge in [-0.2, -0.15) is 0 Å². The average molecular weight is 358 g/mol. The van der Waals surface area contributed by atoms with Crippen molar-refractivity contribution in [1.82, 2.24) is 15.5 Å². The normalized spacial score (nSPS) is 11.5. The average Bonchev–Trinajstić information content (AvgIpc) is 3.23. The highest BCUT2D eigenvalue weighted by Gasteiger charge is 2.16. The summed E-state index contributed by atoms with van der Waals surface area (Å²) in [7, 11) is 0. The predicted molar refractivity (Wildman–Crippen MR) is 99.5 cm³/mol. The fourth-order valence-electron chi connectivity index (χ4n) is 2.20. The van der Waals surface area contributed by atoms with Gasteiger partial charge in [-0.1, -0.05) is 62.4 Å². The molecule has 1 amide bonds. The molecule has 0 unspecified atom stereocenters. The van der Waals surface area contributed by atoms with Gasteiger partial charge < -0.3 is 5.32 Å². The van der Waals surface area contributed by atoms with Crippen LogP contribution in [0.5, 0.6) is 0 Å². The van der Waals surface area contributed by atoms with E-state index in [0.29, 0.717) is 11.6 Å². The summed E-state index contributed by atoms with van der Waals surface area (Å²) in [5.74, 6) is -0.182. The Morgan fingerprint density at radius 1 is 1.12 bits per heavy atom. The molecule has 0 spiro atoms. The van der Waals surface area contributed by atoms with E-state index in [2.05, 4.69) is 48.4 Å². The fourth-order valence-corrected chi connectivity index (χ4v) is 3.61. The van der Waals surface area contributed by atoms with E-state index >= 15 is 0 Å². The molecule has 2 heterocycles. The van der Waals surface area contributed by atoms with Crippen LogP contribution in [0.3, 0.4) is 0 Å². The van der Waals surface area contributed by atoms with Crippen molar-refractivity contribution in [2.75, 3.05) is 0 Å². The molecule has 2 aromatic heterocycles. The lowest BCUT2D eigenvalue weighted by atomic mass is 9.87. The number of rotatable bonds is 4. The number of benzene rings is 1. The lowest BCUT2D eigenvalue weighted by molar-refractivity contribution is 0.0950. The van der Waals surface area contributed by atoms with Crippen LogP contribution < -0.4 is 5.32 Å². The second-order valence-electron chi connectivity index (χ2n) is 6.50. The molecule has 1 aromatic carbocycles. The van der Waals surface area contributed by atoms with Crippen LogP contribution in [0.2, 0.25) is 0 Å². The highest BCUT2D eigenvalue weighted by Crippen LogP contribution is 2.27. The summed E-state index contributed by atoms with van der Waals surface area (Å²) in [4.78, 5) is 13.3. The van der Waals surface area contributed by atoms with Crippen molar-refractivity contribution in [2.45, 2.75) is 32.7 Å². The summed E-state index contributed by atoms with van der Waals surface area (Å²) >= 11 is 2.93. The van der Waals surface area contributed by atoms with Gasteiger partial charge in [0.2, 0.25) is 5.01 Å². The lowest BCUT2D eigenvalue weighted by Gasteiger charge is -2.18. The van der Waals surface area contributed by atoms with Gasteiger partial charge in [-0.15, -0.1) is 21.5 Å². The third-order valence-corrected chi connectivity index (χ3v) is 5.47. The molecule has 1 N–H and O–H groups in total. The Balaban J connectivity index is 1.69. The minimum absolute atomic E-state index is 0.118. The van der Waals surface area contributed by atoms with Gasteiger partial charge in [0.25, 0.3) is 5.91 Å². The zero-order valence-corrected chi connectivity index (χ0v) is 15.5. The summed E-state index contributed by atoms with van der Waals surface area (Å²) in [6, 6.07) is 12.2. The highest BCUT2D eigenvalue weighted by atomic mass is 32.1. The van der Waals surface area contributed by atoms with Crippen molar-refractivity contribution < 1.29 is 4.79 Å². The zero-order valence-electron chi connectivity index (χ0n) is 13.9. The molecule has 24 heavy (non-hydrogen) atoms. The Kier molecular flexibility index (Phi) is 4.78. The first kappa shape index (κ1) is 16.8. The molecule has 0 aliphatic rings. The number of carbonyl (C=O) groups is 1. The first-order valence-electron chi connectivity index (χ1n) is 7.68. The zero-order chi connectivity index (χ0) is 17.2. The van der Waals surface area contributed by atoms with Crippen LogP contribution >= 0.6 is 22.7 Å². The molecule has 3 aromatic rings. The predicted octanol–water partition coefficient (Wildman–Crippen LogP) is 4.49. The number of hydrogen-bond donors (Lipinski definition) is 1. The number of carbonyl (C=O) groups excluding carboxylic acids is 1. The lowest BCUT2D eigenvalue weighted by Crippen LogP contribution is -2.22. The molecule has 0 aliphatic heterocycles. The van der Waals surface area contributed by atoms with Crippen molar-refractivity contribution in [1.29, 1.82) is 0 Å². The number of aromatic nitrogens is 2. The van der Waals surface area contributed by atoms with Crippen LogP contribution in [0.25, 0.3) is 10.6 Å². The van der Waals surface area contributed by atoms with E-state index in [1.165, 1.54) is 16.9 Å². The second-order valence-corrected chi connectivity index (χ2v) is 8.51. The summed E-state index contributed by atoms with van der Waals surface area (Å²) in [5, 5.41) is 14.2. The molecule has 0 aliphatic carbocycles. The molecule has 3 rings (SSSR count). The Morgan fingerprint density at radius 3 is 2.50 bits per heavy atom. The summed E-state index contributed by atoms with van der Waals surface area (Å²) < 4.78 is 0. The van der Waals surface area contributed by atoms with Crippen LogP contribution in [-0.2, 0) is 12.0 Å². The second kappa shape index (κ2) is 6.83. The molecule has 0 saturated heterocycles. The maximum Gasteiger partial charge on any atom is 0.282 e. The highest BCUT2D eigenvalue weighted by molar-refractivity contribution is 7.16. The van der Waals surface area contributed by atoms with Crippen LogP contribution in [0, 0.1) is 0 Å². The van der Waals surface area contributed by atoms with Gasteiger partial charge in [0.15, 0.2) is 0 Å². The summed E-state index contributed by atoms with van der Waals surface area (Å²) in [6.45, 7) is 7.07. The van der Waals surface area contributed by atoms with Crippen molar-refractivity contribution in [3.63, 3.8) is 0 Å². The van der Waals surface area contributed by atoms with Crippen LogP contribution in [0.1, 0.15) is 41.0 Å². The number of nitrogens with zero attached hydrogens (tertiary/aromatic N) is 2. The smallest absolute Gasteiger partial charge is 0.282 e. The minimum atomic E-state index is -0.182. The monoisotopic (exact) mass is 357 g/mol. The Hall–Kier alpha value is -2.05. The quantitative estimate of drug-likeness (QED) is 0.748. The SMILES string of the molecule is CC(C)(C)c1ccc(-c2nnc(C(=O)NCc3cccs3)s2)cc1. The van der Waals surface area contributed by atoms with Crippen molar-refractivity contribution in [3.8, 4) is 10.6 Å². The van der Waals surface area contributed by atoms with Gasteiger partial charge in [0, 0.05) is 10.4 Å². The van der Waals surface area contributed by atoms with Crippen molar-refractivity contribution >= 4 is 28.6 Å². The largest absolute Gasteiger partial charge is 0.345 e. The number of nitrogens with one attached hydrogen (secondary N) is 1. The van der Waals surface area contributed by atoms with Gasteiger partial charge >= 0.3 is 0 Å². The van der Waals surface area contributed by atoms with Gasteiger partial charge in [-0.25, -0.2) is 0 Å². The van der Waals surface area contributed by atoms with E-state index in [0.717, 1.165) is 15.4 Å². The van der Waals surface area contributed by atoms with Crippen molar-refractivity contribution in [3.05, 3.63) is 57.2 Å². The van der Waals surface area contributed by atoms with Gasteiger partial charge in [0.1, 0.15) is 5.01 Å². The Morgan fingerprint density at radius 2 is 1.88 bits per heavy atom. The molecule has 0 fully saturated rings. The molecular weight excluding hydrogens is 338 g/mol. The molecule has 0 atom stereocenters. The Labute approximate surface area is 149 Å². The molecule has 0 radical (unpaired) electrons. The first-order valence-corrected chi connectivity index (χ1v) is 9.38. The van der Waals surface area contributed by atoms with E-state index in [-0.39, 0.29) is 11.3 Å². The minimum Gasteiger partial charge on any atom is -0.345 e. The maximum absolute atomic E-state index is 12.2. The standard InChI is InChI=1S/C18H19N3OS2/c1-18(2,3)13-8-6-12(7-9-13)16-20-21-17(24-16)15(22)19-11-14-5-4-10-23-14/h4-10H,11H2,1-3H3,(H,19,22). The summed E-state index contributed by atoms with van der Waals surface area (Å²) in [6.07, 6.45) is 0. The van der Waals surface area contributed by atoms with Gasteiger partial charge in [-0.05, 0) is 22.4 Å². The fraction of sp³-hybridized carbons (Fsp3) is 0.278. The first-order chi connectivity index (χ1) is 11.4. The molecule has 4 nitrogen and oxygen atoms in total.